The molecule has 0 radical (unpaired) electrons. The number of halogens is 1. The normalized spacial score (nSPS) is 22.5. The molecule has 9 nitrogen and oxygen atoms in total. The molecule has 2 unspecified atom stereocenters. The van der Waals surface area contributed by atoms with E-state index >= 15 is 0 Å². The van der Waals surface area contributed by atoms with Crippen LogP contribution in [0.5, 0.6) is 0 Å². The highest BCUT2D eigenvalue weighted by atomic mass is 79.9. The molecule has 0 N–H and O–H groups in total. The van der Waals surface area contributed by atoms with E-state index in [0.29, 0.717) is 10.8 Å². The molecular weight excluding hydrogens is 384 g/mol. The summed E-state index contributed by atoms with van der Waals surface area (Å²) < 4.78 is 5.61. The molecular formula is C14H11BrN4O5. The summed E-state index contributed by atoms with van der Waals surface area (Å²) in [6.45, 7) is 1.67. The molecule has 3 rings (SSSR count). The van der Waals surface area contributed by atoms with Crippen molar-refractivity contribution in [1.82, 2.24) is 5.12 Å². The smallest absolute Gasteiger partial charge is 0.355 e. The molecule has 2 aliphatic rings. The summed E-state index contributed by atoms with van der Waals surface area (Å²) in [5.41, 5.74) is 0.0380. The van der Waals surface area contributed by atoms with Gasteiger partial charge in [-0.15, -0.1) is 15.1 Å². The highest BCUT2D eigenvalue weighted by Crippen LogP contribution is 2.35. The maximum absolute atomic E-state index is 12.7. The molecule has 0 bridgehead atoms. The summed E-state index contributed by atoms with van der Waals surface area (Å²) in [6, 6.07) is 5.21. The van der Waals surface area contributed by atoms with Crippen LogP contribution in [0.4, 0.5) is 5.69 Å². The fourth-order valence-electron chi connectivity index (χ4n) is 2.68. The number of esters is 1. The predicted molar refractivity (Wildman–Crippen MR) is 85.6 cm³/mol. The van der Waals surface area contributed by atoms with Gasteiger partial charge in [-0.25, -0.2) is 9.69 Å². The van der Waals surface area contributed by atoms with E-state index in [-0.39, 0.29) is 12.3 Å². The van der Waals surface area contributed by atoms with Gasteiger partial charge in [0.05, 0.1) is 17.6 Å². The maximum atomic E-state index is 12.7. The lowest BCUT2D eigenvalue weighted by molar-refractivity contribution is -0.136. The first-order chi connectivity index (χ1) is 11.5. The standard InChI is InChI=1S/C14H11BrN4O5/c1-2-24-14(22)10-9-11(19(16-10)17-23)13(21)18(12(9)20)8-5-3-7(15)4-6-8/h3-6,9,11H,2H2,1H3. The number of hydrogen-bond donors (Lipinski definition) is 0. The number of fused-ring (bicyclic) bond motifs is 1. The van der Waals surface area contributed by atoms with E-state index in [1.165, 1.54) is 0 Å². The Kier molecular flexibility index (Phi) is 4.14. The quantitative estimate of drug-likeness (QED) is 0.431. The van der Waals surface area contributed by atoms with Crippen LogP contribution in [0.2, 0.25) is 0 Å². The highest BCUT2D eigenvalue weighted by molar-refractivity contribution is 9.10. The molecule has 1 aromatic rings. The van der Waals surface area contributed by atoms with Crippen molar-refractivity contribution in [3.8, 4) is 0 Å². The number of imide groups is 1. The molecule has 10 heteroatoms. The van der Waals surface area contributed by atoms with Gasteiger partial charge in [-0.2, -0.15) is 0 Å². The van der Waals surface area contributed by atoms with Crippen LogP contribution in [0.15, 0.2) is 39.1 Å². The second-order valence-corrected chi connectivity index (χ2v) is 5.93. The summed E-state index contributed by atoms with van der Waals surface area (Å²) in [5.74, 6) is -3.38. The Balaban J connectivity index is 2.00. The topological polar surface area (TPSA) is 109 Å². The number of carbonyl (C=O) groups excluding carboxylic acids is 3. The van der Waals surface area contributed by atoms with Gasteiger partial charge in [-0.3, -0.25) is 9.59 Å². The molecule has 1 saturated heterocycles. The van der Waals surface area contributed by atoms with Crippen LogP contribution in [0.25, 0.3) is 0 Å². The third-order valence-electron chi connectivity index (χ3n) is 3.68. The Bertz CT molecular complexity index is 763. The van der Waals surface area contributed by atoms with Crippen molar-refractivity contribution in [2.75, 3.05) is 11.5 Å². The second-order valence-electron chi connectivity index (χ2n) is 5.02. The predicted octanol–water partition coefficient (Wildman–Crippen LogP) is 1.22. The van der Waals surface area contributed by atoms with Crippen LogP contribution in [-0.2, 0) is 19.1 Å². The lowest BCUT2D eigenvalue weighted by Gasteiger charge is -2.16. The largest absolute Gasteiger partial charge is 0.461 e. The van der Waals surface area contributed by atoms with Gasteiger partial charge in [0.15, 0.2) is 11.8 Å². The van der Waals surface area contributed by atoms with E-state index in [2.05, 4.69) is 26.3 Å². The van der Waals surface area contributed by atoms with E-state index in [4.69, 9.17) is 4.74 Å². The van der Waals surface area contributed by atoms with Crippen LogP contribution in [-0.4, -0.2) is 41.3 Å². The van der Waals surface area contributed by atoms with Gasteiger partial charge >= 0.3 is 5.97 Å². The molecule has 1 fully saturated rings. The van der Waals surface area contributed by atoms with Crippen LogP contribution >= 0.6 is 15.9 Å². The summed E-state index contributed by atoms with van der Waals surface area (Å²) in [5, 5.41) is 6.86. The van der Waals surface area contributed by atoms with Crippen molar-refractivity contribution in [3.63, 3.8) is 0 Å². The zero-order valence-electron chi connectivity index (χ0n) is 12.4. The number of nitrogens with zero attached hydrogens (tertiary/aromatic N) is 4. The van der Waals surface area contributed by atoms with Crippen molar-refractivity contribution in [1.29, 1.82) is 0 Å². The summed E-state index contributed by atoms with van der Waals surface area (Å²) in [6.07, 6.45) is 0. The number of rotatable bonds is 4. The van der Waals surface area contributed by atoms with E-state index in [0.717, 1.165) is 9.37 Å². The zero-order valence-corrected chi connectivity index (χ0v) is 14.0. The number of hydrazone groups is 1. The minimum Gasteiger partial charge on any atom is -0.461 e. The molecule has 0 saturated carbocycles. The molecule has 24 heavy (non-hydrogen) atoms. The SMILES string of the molecule is CCOC(=O)C1=NN(N=O)C2C(=O)N(c3ccc(Br)cc3)C(=O)C12. The zero-order chi connectivity index (χ0) is 17.4. The maximum Gasteiger partial charge on any atom is 0.355 e. The van der Waals surface area contributed by atoms with Crippen molar-refractivity contribution >= 4 is 45.1 Å². The highest BCUT2D eigenvalue weighted by Gasteiger charge is 2.59. The van der Waals surface area contributed by atoms with Gasteiger partial charge < -0.3 is 4.74 Å². The Labute approximate surface area is 144 Å². The van der Waals surface area contributed by atoms with Crippen LogP contribution in [0.1, 0.15) is 6.92 Å². The second kappa shape index (κ2) is 6.11. The molecule has 124 valence electrons. The molecule has 1 aromatic carbocycles. The average molecular weight is 395 g/mol. The molecule has 2 aliphatic heterocycles. The minimum atomic E-state index is -1.27. The molecule has 0 spiro atoms. The monoisotopic (exact) mass is 394 g/mol. The van der Waals surface area contributed by atoms with Crippen LogP contribution in [0.3, 0.4) is 0 Å². The van der Waals surface area contributed by atoms with Crippen LogP contribution < -0.4 is 4.90 Å². The van der Waals surface area contributed by atoms with E-state index < -0.39 is 29.7 Å². The number of hydrogen-bond acceptors (Lipinski definition) is 7. The summed E-state index contributed by atoms with van der Waals surface area (Å²) in [7, 11) is 0. The summed E-state index contributed by atoms with van der Waals surface area (Å²) >= 11 is 3.27. The van der Waals surface area contributed by atoms with Crippen LogP contribution in [0, 0.1) is 10.8 Å². The van der Waals surface area contributed by atoms with Gasteiger partial charge in [0, 0.05) is 4.47 Å². The Morgan fingerprint density at radius 2 is 1.96 bits per heavy atom. The van der Waals surface area contributed by atoms with Gasteiger partial charge in [-0.1, -0.05) is 15.9 Å². The number of ether oxygens (including phenoxy) is 1. The lowest BCUT2D eigenvalue weighted by Crippen LogP contribution is -2.36. The van der Waals surface area contributed by atoms with E-state index in [9.17, 15) is 19.3 Å². The van der Waals surface area contributed by atoms with E-state index in [1.807, 2.05) is 0 Å². The first-order valence-electron chi connectivity index (χ1n) is 7.01. The van der Waals surface area contributed by atoms with Crippen molar-refractivity contribution in [2.45, 2.75) is 13.0 Å². The number of benzene rings is 1. The van der Waals surface area contributed by atoms with E-state index in [1.54, 1.807) is 31.2 Å². The van der Waals surface area contributed by atoms with Gasteiger partial charge in [0.1, 0.15) is 5.92 Å². The number of carbonyl (C=O) groups is 3. The fraction of sp³-hybridized carbons (Fsp3) is 0.286. The molecule has 2 atom stereocenters. The Morgan fingerprint density at radius 3 is 2.54 bits per heavy atom. The molecule has 0 aromatic heterocycles. The van der Waals surface area contributed by atoms with Crippen molar-refractivity contribution < 1.29 is 19.1 Å². The average Bonchev–Trinajstić information content (AvgIpc) is 3.07. The molecule has 0 aliphatic carbocycles. The van der Waals surface area contributed by atoms with Gasteiger partial charge in [-0.05, 0) is 31.2 Å². The van der Waals surface area contributed by atoms with Crippen molar-refractivity contribution in [3.05, 3.63) is 33.6 Å². The molecule has 2 amide bonds. The Hall–Kier alpha value is -2.62. The Morgan fingerprint density at radius 1 is 1.29 bits per heavy atom. The first kappa shape index (κ1) is 16.2. The van der Waals surface area contributed by atoms with Gasteiger partial charge in [0.2, 0.25) is 5.91 Å². The third kappa shape index (κ3) is 2.39. The number of nitroso groups, excluding NO2 is 1. The first-order valence-corrected chi connectivity index (χ1v) is 7.80. The van der Waals surface area contributed by atoms with Crippen molar-refractivity contribution in [2.24, 2.45) is 16.3 Å². The summed E-state index contributed by atoms with van der Waals surface area (Å²) in [4.78, 5) is 49.1. The number of anilines is 1. The van der Waals surface area contributed by atoms with Gasteiger partial charge in [0.25, 0.3) is 5.91 Å². The lowest BCUT2D eigenvalue weighted by atomic mass is 9.98. The molecule has 2 heterocycles. The minimum absolute atomic E-state index is 0.0717. The fourth-order valence-corrected chi connectivity index (χ4v) is 2.94. The third-order valence-corrected chi connectivity index (χ3v) is 4.21. The number of amides is 2.